The van der Waals surface area contributed by atoms with E-state index in [1.807, 2.05) is 30.3 Å². The standard InChI is InChI=1S/C16H16FNOS/c17-14-6-8-15(9-7-14)20-12-16(19)18-11-10-13-4-2-1-3-5-13/h1-9H,10-12H2,(H,18,19). The number of halogens is 1. The smallest absolute Gasteiger partial charge is 0.230 e. The number of hydrogen-bond acceptors (Lipinski definition) is 2. The molecule has 0 saturated heterocycles. The van der Waals surface area contributed by atoms with Gasteiger partial charge in [0.2, 0.25) is 5.91 Å². The maximum absolute atomic E-state index is 12.7. The number of carbonyl (C=O) groups excluding carboxylic acids is 1. The van der Waals surface area contributed by atoms with Crippen LogP contribution in [0.4, 0.5) is 4.39 Å². The highest BCUT2D eigenvalue weighted by Gasteiger charge is 2.02. The molecule has 0 saturated carbocycles. The Bertz CT molecular complexity index is 542. The van der Waals surface area contributed by atoms with Gasteiger partial charge in [-0.3, -0.25) is 4.79 Å². The molecule has 104 valence electrons. The van der Waals surface area contributed by atoms with Gasteiger partial charge in [0.1, 0.15) is 5.82 Å². The third-order valence-electron chi connectivity index (χ3n) is 2.76. The molecule has 0 aliphatic heterocycles. The molecule has 0 aliphatic carbocycles. The molecule has 2 rings (SSSR count). The molecule has 0 aliphatic rings. The Balaban J connectivity index is 1.67. The van der Waals surface area contributed by atoms with E-state index in [1.165, 1.54) is 29.5 Å². The molecule has 0 fully saturated rings. The second-order valence-corrected chi connectivity index (χ2v) is 5.38. The molecular formula is C16H16FNOS. The van der Waals surface area contributed by atoms with Crippen LogP contribution in [0.3, 0.4) is 0 Å². The highest BCUT2D eigenvalue weighted by molar-refractivity contribution is 8.00. The van der Waals surface area contributed by atoms with E-state index in [0.717, 1.165) is 11.3 Å². The first-order valence-electron chi connectivity index (χ1n) is 6.43. The van der Waals surface area contributed by atoms with Gasteiger partial charge in [-0.15, -0.1) is 11.8 Å². The van der Waals surface area contributed by atoms with Crippen molar-refractivity contribution in [2.75, 3.05) is 12.3 Å². The van der Waals surface area contributed by atoms with Crippen LogP contribution in [0.1, 0.15) is 5.56 Å². The third-order valence-corrected chi connectivity index (χ3v) is 3.77. The molecule has 2 aromatic carbocycles. The molecule has 0 bridgehead atoms. The van der Waals surface area contributed by atoms with Crippen molar-refractivity contribution in [3.63, 3.8) is 0 Å². The van der Waals surface area contributed by atoms with E-state index < -0.39 is 0 Å². The first kappa shape index (κ1) is 14.6. The molecule has 0 unspecified atom stereocenters. The van der Waals surface area contributed by atoms with Gasteiger partial charge in [-0.05, 0) is 36.2 Å². The summed E-state index contributed by atoms with van der Waals surface area (Å²) in [7, 11) is 0. The lowest BCUT2D eigenvalue weighted by Gasteiger charge is -2.05. The van der Waals surface area contributed by atoms with Crippen molar-refractivity contribution in [3.05, 3.63) is 66.0 Å². The van der Waals surface area contributed by atoms with Crippen molar-refractivity contribution in [1.82, 2.24) is 5.32 Å². The minimum Gasteiger partial charge on any atom is -0.355 e. The van der Waals surface area contributed by atoms with Gasteiger partial charge in [-0.25, -0.2) is 4.39 Å². The van der Waals surface area contributed by atoms with Gasteiger partial charge in [0, 0.05) is 11.4 Å². The highest BCUT2D eigenvalue weighted by atomic mass is 32.2. The fourth-order valence-electron chi connectivity index (χ4n) is 1.72. The van der Waals surface area contributed by atoms with Crippen LogP contribution in [0.2, 0.25) is 0 Å². The van der Waals surface area contributed by atoms with Crippen molar-refractivity contribution in [1.29, 1.82) is 0 Å². The summed E-state index contributed by atoms with van der Waals surface area (Å²) in [5.74, 6) is 0.0809. The molecule has 1 amide bonds. The van der Waals surface area contributed by atoms with Gasteiger partial charge < -0.3 is 5.32 Å². The van der Waals surface area contributed by atoms with E-state index in [4.69, 9.17) is 0 Å². The maximum Gasteiger partial charge on any atom is 0.230 e. The summed E-state index contributed by atoms with van der Waals surface area (Å²) in [4.78, 5) is 12.6. The Hall–Kier alpha value is -1.81. The van der Waals surface area contributed by atoms with Gasteiger partial charge in [-0.2, -0.15) is 0 Å². The SMILES string of the molecule is O=C(CSc1ccc(F)cc1)NCCc1ccccc1. The summed E-state index contributed by atoms with van der Waals surface area (Å²) in [5.41, 5.74) is 1.21. The zero-order chi connectivity index (χ0) is 14.2. The second-order valence-electron chi connectivity index (χ2n) is 4.33. The fourth-order valence-corrected chi connectivity index (χ4v) is 2.45. The highest BCUT2D eigenvalue weighted by Crippen LogP contribution is 2.17. The summed E-state index contributed by atoms with van der Waals surface area (Å²) in [6.45, 7) is 0.632. The lowest BCUT2D eigenvalue weighted by atomic mass is 10.1. The van der Waals surface area contributed by atoms with Crippen LogP contribution in [0.15, 0.2) is 59.5 Å². The van der Waals surface area contributed by atoms with Gasteiger partial charge in [0.25, 0.3) is 0 Å². The van der Waals surface area contributed by atoms with Crippen LogP contribution < -0.4 is 5.32 Å². The molecule has 0 atom stereocenters. The number of amides is 1. The van der Waals surface area contributed by atoms with Gasteiger partial charge in [0.05, 0.1) is 5.75 Å². The first-order chi connectivity index (χ1) is 9.74. The quantitative estimate of drug-likeness (QED) is 0.827. The Labute approximate surface area is 122 Å². The largest absolute Gasteiger partial charge is 0.355 e. The van der Waals surface area contributed by atoms with Crippen LogP contribution >= 0.6 is 11.8 Å². The zero-order valence-corrected chi connectivity index (χ0v) is 11.8. The monoisotopic (exact) mass is 289 g/mol. The number of rotatable bonds is 6. The molecule has 4 heteroatoms. The lowest BCUT2D eigenvalue weighted by Crippen LogP contribution is -2.27. The van der Waals surface area contributed by atoms with Gasteiger partial charge in [-0.1, -0.05) is 30.3 Å². The van der Waals surface area contributed by atoms with Crippen LogP contribution in [-0.2, 0) is 11.2 Å². The predicted octanol–water partition coefficient (Wildman–Crippen LogP) is 3.28. The van der Waals surface area contributed by atoms with Crippen molar-refractivity contribution in [3.8, 4) is 0 Å². The molecular weight excluding hydrogens is 273 g/mol. The summed E-state index contributed by atoms with van der Waals surface area (Å²) < 4.78 is 12.7. The second kappa shape index (κ2) is 7.70. The van der Waals surface area contributed by atoms with Gasteiger partial charge in [0.15, 0.2) is 0 Å². The Morgan fingerprint density at radius 1 is 1.05 bits per heavy atom. The summed E-state index contributed by atoms with van der Waals surface area (Å²) in [6.07, 6.45) is 0.827. The molecule has 20 heavy (non-hydrogen) atoms. The number of benzene rings is 2. The van der Waals surface area contributed by atoms with Crippen LogP contribution in [-0.4, -0.2) is 18.2 Å². The average Bonchev–Trinajstić information content (AvgIpc) is 2.48. The van der Waals surface area contributed by atoms with E-state index in [1.54, 1.807) is 12.1 Å². The van der Waals surface area contributed by atoms with Crippen molar-refractivity contribution < 1.29 is 9.18 Å². The van der Waals surface area contributed by atoms with E-state index in [9.17, 15) is 9.18 Å². The normalized spacial score (nSPS) is 10.2. The van der Waals surface area contributed by atoms with E-state index in [0.29, 0.717) is 12.3 Å². The third kappa shape index (κ3) is 5.05. The summed E-state index contributed by atoms with van der Waals surface area (Å²) >= 11 is 1.40. The Morgan fingerprint density at radius 3 is 2.45 bits per heavy atom. The van der Waals surface area contributed by atoms with E-state index in [-0.39, 0.29) is 11.7 Å². The molecule has 2 nitrogen and oxygen atoms in total. The van der Waals surface area contributed by atoms with E-state index >= 15 is 0 Å². The molecule has 2 aromatic rings. The number of hydrogen-bond donors (Lipinski definition) is 1. The number of thioether (sulfide) groups is 1. The Morgan fingerprint density at radius 2 is 1.75 bits per heavy atom. The molecule has 1 N–H and O–H groups in total. The number of carbonyl (C=O) groups is 1. The summed E-state index contributed by atoms with van der Waals surface area (Å²) in [6, 6.07) is 16.2. The van der Waals surface area contributed by atoms with Crippen LogP contribution in [0, 0.1) is 5.82 Å². The molecule has 0 aromatic heterocycles. The predicted molar refractivity (Wildman–Crippen MR) is 80.3 cm³/mol. The van der Waals surface area contributed by atoms with Crippen molar-refractivity contribution in [2.45, 2.75) is 11.3 Å². The molecule has 0 radical (unpaired) electrons. The molecule has 0 heterocycles. The zero-order valence-electron chi connectivity index (χ0n) is 11.0. The fraction of sp³-hybridized carbons (Fsp3) is 0.188. The minimum absolute atomic E-state index is 0.00439. The lowest BCUT2D eigenvalue weighted by molar-refractivity contribution is -0.118. The topological polar surface area (TPSA) is 29.1 Å². The average molecular weight is 289 g/mol. The minimum atomic E-state index is -0.262. The van der Waals surface area contributed by atoms with Crippen molar-refractivity contribution >= 4 is 17.7 Å². The van der Waals surface area contributed by atoms with Crippen LogP contribution in [0.25, 0.3) is 0 Å². The van der Waals surface area contributed by atoms with Crippen molar-refractivity contribution in [2.24, 2.45) is 0 Å². The van der Waals surface area contributed by atoms with Gasteiger partial charge >= 0.3 is 0 Å². The Kier molecular flexibility index (Phi) is 5.62. The van der Waals surface area contributed by atoms with E-state index in [2.05, 4.69) is 5.32 Å². The molecule has 0 spiro atoms. The first-order valence-corrected chi connectivity index (χ1v) is 7.41. The number of nitrogens with one attached hydrogen (secondary N) is 1. The van der Waals surface area contributed by atoms with Crippen LogP contribution in [0.5, 0.6) is 0 Å². The maximum atomic E-state index is 12.7. The summed E-state index contributed by atoms with van der Waals surface area (Å²) in [5, 5.41) is 2.88.